The monoisotopic (exact) mass is 509 g/mol. The van der Waals surface area contributed by atoms with E-state index in [-0.39, 0.29) is 17.6 Å². The van der Waals surface area contributed by atoms with Crippen molar-refractivity contribution in [2.45, 2.75) is 43.9 Å². The van der Waals surface area contributed by atoms with E-state index < -0.39 is 30.1 Å². The predicted octanol–water partition coefficient (Wildman–Crippen LogP) is 3.94. The summed E-state index contributed by atoms with van der Waals surface area (Å²) in [7, 11) is 0. The highest BCUT2D eigenvalue weighted by atomic mass is 19.3. The van der Waals surface area contributed by atoms with Gasteiger partial charge in [-0.05, 0) is 37.5 Å². The molecule has 0 radical (unpaired) electrons. The van der Waals surface area contributed by atoms with Crippen LogP contribution in [0.4, 0.5) is 24.7 Å². The van der Waals surface area contributed by atoms with Crippen molar-refractivity contribution in [2.75, 3.05) is 23.4 Å². The SMILES string of the molecule is O=C(Nc1cc2c(-c3nc4ccc(N5C6CCC5COC6)cn4n3)cnc(C(F)F)c2cn1)[C@@H]1C[C@@H]1F. The smallest absolute Gasteiger partial charge is 0.281 e. The summed E-state index contributed by atoms with van der Waals surface area (Å²) in [5.74, 6) is -0.755. The van der Waals surface area contributed by atoms with Gasteiger partial charge >= 0.3 is 0 Å². The molecule has 1 saturated carbocycles. The van der Waals surface area contributed by atoms with Crippen molar-refractivity contribution in [2.24, 2.45) is 5.92 Å². The number of morpholine rings is 1. The van der Waals surface area contributed by atoms with Crippen LogP contribution in [0.1, 0.15) is 31.4 Å². The van der Waals surface area contributed by atoms with E-state index in [2.05, 4.69) is 30.3 Å². The molecule has 3 fully saturated rings. The Kier molecular flexibility index (Phi) is 5.07. The van der Waals surface area contributed by atoms with Crippen molar-refractivity contribution in [1.29, 1.82) is 0 Å². The molecule has 2 aliphatic heterocycles. The molecule has 4 aromatic heterocycles. The number of alkyl halides is 3. The molecule has 37 heavy (non-hydrogen) atoms. The second kappa shape index (κ2) is 8.37. The first-order valence-corrected chi connectivity index (χ1v) is 12.2. The molecule has 0 aromatic carbocycles. The van der Waals surface area contributed by atoms with Crippen LogP contribution in [0.15, 0.2) is 36.8 Å². The van der Waals surface area contributed by atoms with Gasteiger partial charge in [-0.1, -0.05) is 0 Å². The van der Waals surface area contributed by atoms with Gasteiger partial charge in [-0.15, -0.1) is 5.10 Å². The fraction of sp³-hybridized carbons (Fsp3) is 0.400. The lowest BCUT2D eigenvalue weighted by atomic mass is 10.1. The number of rotatable bonds is 5. The van der Waals surface area contributed by atoms with Gasteiger partial charge in [0.1, 0.15) is 17.7 Å². The van der Waals surface area contributed by atoms with Crippen molar-refractivity contribution in [3.05, 3.63) is 42.5 Å². The minimum atomic E-state index is -2.82. The second-order valence-corrected chi connectivity index (χ2v) is 9.78. The Labute approximate surface area is 208 Å². The molecule has 7 rings (SSSR count). The van der Waals surface area contributed by atoms with Crippen molar-refractivity contribution in [1.82, 2.24) is 24.6 Å². The summed E-state index contributed by atoms with van der Waals surface area (Å²) >= 11 is 0. The van der Waals surface area contributed by atoms with Crippen LogP contribution in [-0.4, -0.2) is 61.9 Å². The zero-order chi connectivity index (χ0) is 25.3. The number of pyridine rings is 3. The summed E-state index contributed by atoms with van der Waals surface area (Å²) < 4.78 is 48.1. The van der Waals surface area contributed by atoms with Gasteiger partial charge in [0.15, 0.2) is 11.5 Å². The number of nitrogens with zero attached hydrogens (tertiary/aromatic N) is 6. The normalized spacial score (nSPS) is 24.8. The zero-order valence-corrected chi connectivity index (χ0v) is 19.5. The number of nitrogens with one attached hydrogen (secondary N) is 1. The van der Waals surface area contributed by atoms with Crippen LogP contribution in [0.5, 0.6) is 0 Å². The molecule has 2 unspecified atom stereocenters. The van der Waals surface area contributed by atoms with Crippen molar-refractivity contribution in [3.8, 4) is 11.4 Å². The summed E-state index contributed by atoms with van der Waals surface area (Å²) in [5.41, 5.74) is 1.61. The average Bonchev–Trinajstić information content (AvgIpc) is 3.39. The fourth-order valence-corrected chi connectivity index (χ4v) is 5.42. The Hall–Kier alpha value is -3.80. The molecule has 0 spiro atoms. The van der Waals surface area contributed by atoms with Gasteiger partial charge in [0.05, 0.1) is 43.1 Å². The highest BCUT2D eigenvalue weighted by Crippen LogP contribution is 2.37. The Morgan fingerprint density at radius 3 is 2.62 bits per heavy atom. The number of hydrogen-bond donors (Lipinski definition) is 1. The van der Waals surface area contributed by atoms with E-state index in [1.807, 2.05) is 18.3 Å². The van der Waals surface area contributed by atoms with E-state index in [4.69, 9.17) is 4.74 Å². The molecule has 1 aliphatic carbocycles. The maximum atomic E-state index is 13.7. The molecule has 9 nitrogen and oxygen atoms in total. The molecule has 4 aromatic rings. The third-order valence-corrected chi connectivity index (χ3v) is 7.40. The molecule has 6 heterocycles. The lowest BCUT2D eigenvalue weighted by Gasteiger charge is -2.36. The van der Waals surface area contributed by atoms with E-state index in [0.29, 0.717) is 47.7 Å². The summed E-state index contributed by atoms with van der Waals surface area (Å²) in [5, 5.41) is 7.71. The highest BCUT2D eigenvalue weighted by molar-refractivity contribution is 6.00. The molecule has 4 atom stereocenters. The highest BCUT2D eigenvalue weighted by Gasteiger charge is 2.43. The lowest BCUT2D eigenvalue weighted by Crippen LogP contribution is -2.46. The number of carbonyl (C=O) groups is 1. The zero-order valence-electron chi connectivity index (χ0n) is 19.5. The van der Waals surface area contributed by atoms with Crippen LogP contribution in [0.25, 0.3) is 27.8 Å². The van der Waals surface area contributed by atoms with Crippen LogP contribution < -0.4 is 10.2 Å². The molecular weight excluding hydrogens is 487 g/mol. The van der Waals surface area contributed by atoms with Gasteiger partial charge in [0.2, 0.25) is 5.91 Å². The number of halogens is 3. The minimum Gasteiger partial charge on any atom is -0.377 e. The fourth-order valence-electron chi connectivity index (χ4n) is 5.42. The number of anilines is 2. The average molecular weight is 509 g/mol. The summed E-state index contributed by atoms with van der Waals surface area (Å²) in [6.07, 6.45) is 2.82. The molecule has 1 amide bonds. The number of aromatic nitrogens is 5. The standard InChI is InChI=1S/C25H22F3N7O2/c26-19-5-16(19)25(36)31-20-6-15-17(7-29-20)22(23(27)28)30-8-18(15)24-32-21-4-3-12(9-34(21)33-24)35-13-1-2-14(35)11-37-10-13/h3-4,6-9,13-14,16,19,23H,1-2,5,10-11H2,(H,29,31,36)/t13?,14?,16-,19+/m1/s1. The minimum absolute atomic E-state index is 0.129. The van der Waals surface area contributed by atoms with Crippen molar-refractivity contribution >= 4 is 33.8 Å². The maximum Gasteiger partial charge on any atom is 0.281 e. The molecular formula is C25H22F3N7O2. The first kappa shape index (κ1) is 22.4. The first-order valence-electron chi connectivity index (χ1n) is 12.2. The third kappa shape index (κ3) is 3.78. The number of ether oxygens (including phenoxy) is 1. The van der Waals surface area contributed by atoms with Crippen LogP contribution in [0, 0.1) is 5.92 Å². The summed E-state index contributed by atoms with van der Waals surface area (Å²) in [6, 6.07) is 6.03. The van der Waals surface area contributed by atoms with Crippen LogP contribution in [0.3, 0.4) is 0 Å². The van der Waals surface area contributed by atoms with Gasteiger partial charge < -0.3 is 15.0 Å². The molecule has 190 valence electrons. The van der Waals surface area contributed by atoms with Crippen molar-refractivity contribution < 1.29 is 22.7 Å². The Morgan fingerprint density at radius 2 is 1.89 bits per heavy atom. The Morgan fingerprint density at radius 1 is 1.11 bits per heavy atom. The largest absolute Gasteiger partial charge is 0.377 e. The van der Waals surface area contributed by atoms with Gasteiger partial charge in [-0.25, -0.2) is 27.7 Å². The number of hydrogen-bond acceptors (Lipinski definition) is 7. The predicted molar refractivity (Wildman–Crippen MR) is 128 cm³/mol. The van der Waals surface area contributed by atoms with E-state index in [1.54, 1.807) is 4.52 Å². The Balaban J connectivity index is 1.29. The van der Waals surface area contributed by atoms with Crippen LogP contribution in [0.2, 0.25) is 0 Å². The quantitative estimate of drug-likeness (QED) is 0.435. The van der Waals surface area contributed by atoms with Gasteiger partial charge in [0, 0.05) is 28.7 Å². The van der Waals surface area contributed by atoms with E-state index in [1.165, 1.54) is 18.5 Å². The molecule has 3 aliphatic rings. The third-order valence-electron chi connectivity index (χ3n) is 7.40. The van der Waals surface area contributed by atoms with Crippen LogP contribution >= 0.6 is 0 Å². The lowest BCUT2D eigenvalue weighted by molar-refractivity contribution is -0.117. The molecule has 2 saturated heterocycles. The molecule has 1 N–H and O–H groups in total. The topological polar surface area (TPSA) is 97.5 Å². The maximum absolute atomic E-state index is 13.7. The molecule has 12 heteroatoms. The number of fused-ring (bicyclic) bond motifs is 4. The summed E-state index contributed by atoms with van der Waals surface area (Å²) in [6.45, 7) is 1.40. The Bertz CT molecular complexity index is 1530. The van der Waals surface area contributed by atoms with Gasteiger partial charge in [-0.2, -0.15) is 0 Å². The van der Waals surface area contributed by atoms with Crippen LogP contribution in [-0.2, 0) is 9.53 Å². The summed E-state index contributed by atoms with van der Waals surface area (Å²) in [4.78, 5) is 27.3. The first-order chi connectivity index (χ1) is 18.0. The van der Waals surface area contributed by atoms with E-state index >= 15 is 0 Å². The molecule has 2 bridgehead atoms. The number of carbonyl (C=O) groups excluding carboxylic acids is 1. The number of amides is 1. The van der Waals surface area contributed by atoms with Gasteiger partial charge in [0.25, 0.3) is 6.43 Å². The van der Waals surface area contributed by atoms with Gasteiger partial charge in [-0.3, -0.25) is 9.78 Å². The van der Waals surface area contributed by atoms with E-state index in [9.17, 15) is 18.0 Å². The second-order valence-electron chi connectivity index (χ2n) is 9.78. The van der Waals surface area contributed by atoms with E-state index in [0.717, 1.165) is 18.5 Å². The van der Waals surface area contributed by atoms with Crippen molar-refractivity contribution in [3.63, 3.8) is 0 Å².